The molecule has 0 atom stereocenters. The predicted octanol–water partition coefficient (Wildman–Crippen LogP) is 6.58. The lowest BCUT2D eigenvalue weighted by molar-refractivity contribution is -0.385. The fourth-order valence-electron chi connectivity index (χ4n) is 3.07. The van der Waals surface area contributed by atoms with E-state index in [0.717, 1.165) is 12.1 Å². The van der Waals surface area contributed by atoms with Gasteiger partial charge in [-0.15, -0.1) is 0 Å². The Labute approximate surface area is 162 Å². The van der Waals surface area contributed by atoms with Crippen molar-refractivity contribution in [2.45, 2.75) is 58.5 Å². The maximum absolute atomic E-state index is 13.7. The Balaban J connectivity index is 2.90. The lowest BCUT2D eigenvalue weighted by atomic mass is 9.77. The third-order valence-corrected chi connectivity index (χ3v) is 4.56. The largest absolute Gasteiger partial charge is 0.507 e. The van der Waals surface area contributed by atoms with E-state index >= 15 is 0 Å². The van der Waals surface area contributed by atoms with E-state index in [0.29, 0.717) is 17.2 Å². The number of benzene rings is 2. The standard InChI is InChI=1S/C21H24F3NO3/c1-19(2,3)16-9-12(10-17(18(16)26)20(4,5)6)14-8-7-13(25(27)28)11-15(14)21(22,23)24/h7-11,26H,1-6H3. The van der Waals surface area contributed by atoms with E-state index in [1.807, 2.05) is 41.5 Å². The zero-order valence-corrected chi connectivity index (χ0v) is 16.7. The van der Waals surface area contributed by atoms with Gasteiger partial charge < -0.3 is 5.11 Å². The minimum atomic E-state index is -4.76. The first-order valence-corrected chi connectivity index (χ1v) is 8.77. The molecular weight excluding hydrogens is 371 g/mol. The van der Waals surface area contributed by atoms with Gasteiger partial charge in [0.05, 0.1) is 10.5 Å². The molecule has 4 nitrogen and oxygen atoms in total. The average molecular weight is 395 g/mol. The van der Waals surface area contributed by atoms with Crippen molar-refractivity contribution in [1.29, 1.82) is 0 Å². The van der Waals surface area contributed by atoms with Crippen LogP contribution in [0.4, 0.5) is 18.9 Å². The van der Waals surface area contributed by atoms with Crippen LogP contribution >= 0.6 is 0 Å². The fourth-order valence-corrected chi connectivity index (χ4v) is 3.07. The van der Waals surface area contributed by atoms with Crippen molar-refractivity contribution in [2.24, 2.45) is 0 Å². The quantitative estimate of drug-likeness (QED) is 0.461. The second kappa shape index (κ2) is 6.79. The average Bonchev–Trinajstić information content (AvgIpc) is 2.51. The molecule has 0 saturated heterocycles. The smallest absolute Gasteiger partial charge is 0.417 e. The number of nitro benzene ring substituents is 1. The number of hydrogen-bond donors (Lipinski definition) is 1. The van der Waals surface area contributed by atoms with E-state index in [4.69, 9.17) is 0 Å². The van der Waals surface area contributed by atoms with Gasteiger partial charge in [-0.1, -0.05) is 41.5 Å². The van der Waals surface area contributed by atoms with Crippen molar-refractivity contribution >= 4 is 5.69 Å². The topological polar surface area (TPSA) is 63.4 Å². The van der Waals surface area contributed by atoms with Gasteiger partial charge in [0.2, 0.25) is 0 Å². The van der Waals surface area contributed by atoms with Crippen LogP contribution in [0.3, 0.4) is 0 Å². The second-order valence-electron chi connectivity index (χ2n) is 8.90. The molecule has 2 aromatic carbocycles. The molecule has 0 radical (unpaired) electrons. The van der Waals surface area contributed by atoms with Gasteiger partial charge in [-0.2, -0.15) is 13.2 Å². The molecule has 0 unspecified atom stereocenters. The Hall–Kier alpha value is -2.57. The van der Waals surface area contributed by atoms with Crippen molar-refractivity contribution in [3.8, 4) is 16.9 Å². The van der Waals surface area contributed by atoms with Crippen LogP contribution in [0.5, 0.6) is 5.75 Å². The number of aromatic hydroxyl groups is 1. The molecule has 0 amide bonds. The number of nitrogens with zero attached hydrogens (tertiary/aromatic N) is 1. The normalized spacial score (nSPS) is 12.9. The first-order chi connectivity index (χ1) is 12.5. The number of rotatable bonds is 2. The van der Waals surface area contributed by atoms with Crippen molar-refractivity contribution in [3.05, 3.63) is 57.1 Å². The Morgan fingerprint density at radius 3 is 1.68 bits per heavy atom. The Morgan fingerprint density at radius 1 is 0.857 bits per heavy atom. The van der Waals surface area contributed by atoms with Gasteiger partial charge in [0.1, 0.15) is 5.75 Å². The first kappa shape index (κ1) is 21.7. The minimum Gasteiger partial charge on any atom is -0.507 e. The Morgan fingerprint density at radius 2 is 1.32 bits per heavy atom. The summed E-state index contributed by atoms with van der Waals surface area (Å²) in [7, 11) is 0. The van der Waals surface area contributed by atoms with Crippen LogP contribution in [0.15, 0.2) is 30.3 Å². The lowest BCUT2D eigenvalue weighted by Crippen LogP contribution is -2.17. The third-order valence-electron chi connectivity index (χ3n) is 4.56. The van der Waals surface area contributed by atoms with Gasteiger partial charge in [-0.25, -0.2) is 0 Å². The number of hydrogen-bond acceptors (Lipinski definition) is 3. The van der Waals surface area contributed by atoms with E-state index in [2.05, 4.69) is 0 Å². The third kappa shape index (κ3) is 4.29. The summed E-state index contributed by atoms with van der Waals surface area (Å²) in [5, 5.41) is 21.7. The summed E-state index contributed by atoms with van der Waals surface area (Å²) < 4.78 is 41.0. The van der Waals surface area contributed by atoms with Gasteiger partial charge in [0.15, 0.2) is 0 Å². The molecule has 152 valence electrons. The highest BCUT2D eigenvalue weighted by Gasteiger charge is 2.36. The number of halogens is 3. The monoisotopic (exact) mass is 395 g/mol. The zero-order chi connectivity index (χ0) is 21.7. The van der Waals surface area contributed by atoms with E-state index in [-0.39, 0.29) is 16.9 Å². The SMILES string of the molecule is CC(C)(C)c1cc(-c2ccc([N+](=O)[O-])cc2C(F)(F)F)cc(C(C)(C)C)c1O. The van der Waals surface area contributed by atoms with E-state index in [9.17, 15) is 28.4 Å². The highest BCUT2D eigenvalue weighted by Crippen LogP contribution is 2.45. The summed E-state index contributed by atoms with van der Waals surface area (Å²) in [6.45, 7) is 11.2. The molecule has 0 bridgehead atoms. The van der Waals surface area contributed by atoms with Crippen LogP contribution in [-0.2, 0) is 17.0 Å². The zero-order valence-electron chi connectivity index (χ0n) is 16.7. The van der Waals surface area contributed by atoms with Crippen molar-refractivity contribution in [3.63, 3.8) is 0 Å². The van der Waals surface area contributed by atoms with Gasteiger partial charge >= 0.3 is 6.18 Å². The molecule has 0 saturated carbocycles. The number of nitro groups is 1. The lowest BCUT2D eigenvalue weighted by Gasteiger charge is -2.28. The van der Waals surface area contributed by atoms with Crippen LogP contribution in [0.2, 0.25) is 0 Å². The molecular formula is C21H24F3NO3. The Bertz CT molecular complexity index is 885. The van der Waals surface area contributed by atoms with Gasteiger partial charge in [-0.05, 0) is 40.2 Å². The summed E-state index contributed by atoms with van der Waals surface area (Å²) in [6.07, 6.45) is -4.76. The molecule has 7 heteroatoms. The van der Waals surface area contributed by atoms with Crippen molar-refractivity contribution in [1.82, 2.24) is 0 Å². The summed E-state index contributed by atoms with van der Waals surface area (Å²) in [6, 6.07) is 5.79. The van der Waals surface area contributed by atoms with Gasteiger partial charge in [-0.3, -0.25) is 10.1 Å². The number of phenols is 1. The highest BCUT2D eigenvalue weighted by molar-refractivity contribution is 5.73. The molecule has 0 spiro atoms. The van der Waals surface area contributed by atoms with Crippen LogP contribution in [0, 0.1) is 10.1 Å². The van der Waals surface area contributed by atoms with Gasteiger partial charge in [0.25, 0.3) is 5.69 Å². The van der Waals surface area contributed by atoms with Crippen molar-refractivity contribution in [2.75, 3.05) is 0 Å². The molecule has 0 aliphatic carbocycles. The molecule has 2 aromatic rings. The van der Waals surface area contributed by atoms with Crippen LogP contribution < -0.4 is 0 Å². The van der Waals surface area contributed by atoms with E-state index in [1.54, 1.807) is 0 Å². The van der Waals surface area contributed by atoms with Crippen LogP contribution in [-0.4, -0.2) is 10.0 Å². The molecule has 0 aliphatic heterocycles. The number of non-ortho nitro benzene ring substituents is 1. The molecule has 0 aromatic heterocycles. The Kier molecular flexibility index (Phi) is 5.27. The number of phenolic OH excluding ortho intramolecular Hbond substituents is 1. The first-order valence-electron chi connectivity index (χ1n) is 8.77. The summed E-state index contributed by atoms with van der Waals surface area (Å²) >= 11 is 0. The molecule has 0 fully saturated rings. The second-order valence-corrected chi connectivity index (χ2v) is 8.90. The van der Waals surface area contributed by atoms with E-state index in [1.165, 1.54) is 12.1 Å². The summed E-state index contributed by atoms with van der Waals surface area (Å²) in [5.41, 5.74) is -1.60. The molecule has 1 N–H and O–H groups in total. The summed E-state index contributed by atoms with van der Waals surface area (Å²) in [5.74, 6) is 0.0548. The molecule has 2 rings (SSSR count). The minimum absolute atomic E-state index is 0.0548. The predicted molar refractivity (Wildman–Crippen MR) is 103 cm³/mol. The maximum Gasteiger partial charge on any atom is 0.417 e. The van der Waals surface area contributed by atoms with Crippen LogP contribution in [0.25, 0.3) is 11.1 Å². The highest BCUT2D eigenvalue weighted by atomic mass is 19.4. The maximum atomic E-state index is 13.7. The van der Waals surface area contributed by atoms with Crippen molar-refractivity contribution < 1.29 is 23.2 Å². The number of alkyl halides is 3. The van der Waals surface area contributed by atoms with Crippen LogP contribution in [0.1, 0.15) is 58.2 Å². The fraction of sp³-hybridized carbons (Fsp3) is 0.429. The molecule has 0 heterocycles. The van der Waals surface area contributed by atoms with E-state index < -0.39 is 33.2 Å². The summed E-state index contributed by atoms with van der Waals surface area (Å²) in [4.78, 5) is 10.1. The van der Waals surface area contributed by atoms with Gasteiger partial charge in [0, 0.05) is 23.3 Å². The molecule has 28 heavy (non-hydrogen) atoms. The molecule has 0 aliphatic rings.